The van der Waals surface area contributed by atoms with Gasteiger partial charge in [0.2, 0.25) is 0 Å². The van der Waals surface area contributed by atoms with Crippen molar-refractivity contribution in [3.8, 4) is 0 Å². The average Bonchev–Trinajstić information content (AvgIpc) is 2.93. The van der Waals surface area contributed by atoms with E-state index in [1.54, 1.807) is 31.6 Å². The lowest BCUT2D eigenvalue weighted by Crippen LogP contribution is -2.17. The number of nitrogens with zero attached hydrogens (tertiary/aromatic N) is 5. The summed E-state index contributed by atoms with van der Waals surface area (Å²) in [4.78, 5) is 8.48. The summed E-state index contributed by atoms with van der Waals surface area (Å²) in [6.07, 6.45) is 1.34. The van der Waals surface area contributed by atoms with Crippen LogP contribution in [-0.2, 0) is 24.1 Å². The van der Waals surface area contributed by atoms with Crippen molar-refractivity contribution in [1.82, 2.24) is 24.3 Å². The molecule has 0 spiro atoms. The predicted molar refractivity (Wildman–Crippen MR) is 86.7 cm³/mol. The lowest BCUT2D eigenvalue weighted by molar-refractivity contribution is 0.590. The monoisotopic (exact) mass is 334 g/mol. The van der Waals surface area contributed by atoms with Gasteiger partial charge in [0.05, 0.1) is 23.3 Å². The zero-order chi connectivity index (χ0) is 16.9. The Labute approximate surface area is 134 Å². The lowest BCUT2D eigenvalue weighted by atomic mass is 10.2. The molecule has 0 fully saturated rings. The summed E-state index contributed by atoms with van der Waals surface area (Å²) >= 11 is 0. The minimum absolute atomic E-state index is 0.109. The maximum atomic E-state index is 12.6. The molecule has 0 radical (unpaired) electrons. The van der Waals surface area contributed by atoms with Crippen LogP contribution in [0.2, 0.25) is 0 Å². The summed E-state index contributed by atoms with van der Waals surface area (Å²) in [7, 11) is -0.264. The fraction of sp³-hybridized carbons (Fsp3) is 0.357. The van der Waals surface area contributed by atoms with Crippen molar-refractivity contribution >= 4 is 26.7 Å². The molecule has 0 aromatic carbocycles. The number of pyridine rings is 1. The summed E-state index contributed by atoms with van der Waals surface area (Å²) < 4.78 is 31.0. The fourth-order valence-electron chi connectivity index (χ4n) is 2.46. The molecule has 0 amide bonds. The second-order valence-corrected chi connectivity index (χ2v) is 7.14. The van der Waals surface area contributed by atoms with E-state index in [0.717, 1.165) is 16.7 Å². The standard InChI is InChI=1S/C14H18N6O2S/c1-8-11-6-12(9(2)16-14(11)20(5)17-8)18-23(21,22)13-7-15-10(3)19(13)4/h6-7,18H,1-5H3. The smallest absolute Gasteiger partial charge is 0.279 e. The third-order valence-electron chi connectivity index (χ3n) is 3.89. The number of fused-ring (bicyclic) bond motifs is 1. The van der Waals surface area contributed by atoms with Crippen molar-refractivity contribution in [3.63, 3.8) is 0 Å². The molecular formula is C14H18N6O2S. The van der Waals surface area contributed by atoms with Gasteiger partial charge in [0.15, 0.2) is 10.7 Å². The Balaban J connectivity index is 2.09. The molecule has 0 aliphatic heterocycles. The summed E-state index contributed by atoms with van der Waals surface area (Å²) in [5.74, 6) is 0.624. The number of imidazole rings is 1. The molecule has 23 heavy (non-hydrogen) atoms. The molecule has 0 bridgehead atoms. The van der Waals surface area contributed by atoms with Gasteiger partial charge in [-0.15, -0.1) is 0 Å². The van der Waals surface area contributed by atoms with Crippen molar-refractivity contribution in [2.24, 2.45) is 14.1 Å². The Hall–Kier alpha value is -2.42. The van der Waals surface area contributed by atoms with Crippen molar-refractivity contribution in [2.45, 2.75) is 25.8 Å². The normalized spacial score (nSPS) is 12.0. The zero-order valence-corrected chi connectivity index (χ0v) is 14.4. The van der Waals surface area contributed by atoms with Gasteiger partial charge in [-0.1, -0.05) is 0 Å². The van der Waals surface area contributed by atoms with Crippen molar-refractivity contribution in [2.75, 3.05) is 4.72 Å². The molecule has 0 aliphatic carbocycles. The molecule has 0 aliphatic rings. The molecule has 9 heteroatoms. The van der Waals surface area contributed by atoms with Gasteiger partial charge in [-0.3, -0.25) is 9.40 Å². The fourth-order valence-corrected chi connectivity index (χ4v) is 3.75. The van der Waals surface area contributed by atoms with Gasteiger partial charge < -0.3 is 4.57 Å². The molecule has 3 aromatic rings. The predicted octanol–water partition coefficient (Wildman–Crippen LogP) is 1.43. The molecule has 122 valence electrons. The van der Waals surface area contributed by atoms with Crippen LogP contribution in [-0.4, -0.2) is 32.7 Å². The quantitative estimate of drug-likeness (QED) is 0.782. The number of sulfonamides is 1. The van der Waals surface area contributed by atoms with Crippen LogP contribution in [0.1, 0.15) is 17.2 Å². The molecule has 8 nitrogen and oxygen atoms in total. The second-order valence-electron chi connectivity index (χ2n) is 5.51. The number of aromatic nitrogens is 5. The third kappa shape index (κ3) is 2.46. The van der Waals surface area contributed by atoms with Gasteiger partial charge in [-0.2, -0.15) is 13.5 Å². The van der Waals surface area contributed by atoms with E-state index < -0.39 is 10.0 Å². The largest absolute Gasteiger partial charge is 0.321 e. The van der Waals surface area contributed by atoms with Crippen molar-refractivity contribution < 1.29 is 8.42 Å². The molecule has 3 aromatic heterocycles. The van der Waals surface area contributed by atoms with Crippen LogP contribution < -0.4 is 4.72 Å². The van der Waals surface area contributed by atoms with Crippen LogP contribution >= 0.6 is 0 Å². The Morgan fingerprint density at radius 2 is 1.83 bits per heavy atom. The Bertz CT molecular complexity index is 1020. The Morgan fingerprint density at radius 3 is 2.43 bits per heavy atom. The van der Waals surface area contributed by atoms with Crippen molar-refractivity contribution in [3.05, 3.63) is 29.5 Å². The summed E-state index contributed by atoms with van der Waals surface area (Å²) in [6.45, 7) is 5.37. The van der Waals surface area contributed by atoms with E-state index in [2.05, 4.69) is 19.8 Å². The number of hydrogen-bond acceptors (Lipinski definition) is 5. The number of aryl methyl sites for hydroxylation is 4. The van der Waals surface area contributed by atoms with Gasteiger partial charge in [-0.25, -0.2) is 9.97 Å². The first-order valence-corrected chi connectivity index (χ1v) is 8.51. The van der Waals surface area contributed by atoms with Crippen LogP contribution in [0.15, 0.2) is 17.3 Å². The molecule has 0 atom stereocenters. The van der Waals surface area contributed by atoms with Crippen LogP contribution in [0.4, 0.5) is 5.69 Å². The van der Waals surface area contributed by atoms with E-state index in [4.69, 9.17) is 0 Å². The molecule has 3 rings (SSSR count). The molecule has 0 saturated carbocycles. The van der Waals surface area contributed by atoms with E-state index in [1.165, 1.54) is 10.8 Å². The zero-order valence-electron chi connectivity index (χ0n) is 13.6. The summed E-state index contributed by atoms with van der Waals surface area (Å²) in [5.41, 5.74) is 2.54. The van der Waals surface area contributed by atoms with E-state index in [-0.39, 0.29) is 5.03 Å². The maximum Gasteiger partial charge on any atom is 0.279 e. The second kappa shape index (κ2) is 5.05. The van der Waals surface area contributed by atoms with Gasteiger partial charge in [-0.05, 0) is 26.8 Å². The molecule has 1 N–H and O–H groups in total. The Kier molecular flexibility index (Phi) is 3.40. The van der Waals surface area contributed by atoms with Crippen LogP contribution in [0.3, 0.4) is 0 Å². The number of hydrogen-bond donors (Lipinski definition) is 1. The van der Waals surface area contributed by atoms with E-state index in [9.17, 15) is 8.42 Å². The van der Waals surface area contributed by atoms with E-state index in [1.807, 2.05) is 14.0 Å². The summed E-state index contributed by atoms with van der Waals surface area (Å²) in [5, 5.41) is 5.23. The molecule has 0 unspecified atom stereocenters. The highest BCUT2D eigenvalue weighted by Crippen LogP contribution is 2.25. The van der Waals surface area contributed by atoms with Crippen LogP contribution in [0.5, 0.6) is 0 Å². The summed E-state index contributed by atoms with van der Waals surface area (Å²) in [6, 6.07) is 1.76. The van der Waals surface area contributed by atoms with Gasteiger partial charge >= 0.3 is 0 Å². The minimum atomic E-state index is -3.74. The lowest BCUT2D eigenvalue weighted by Gasteiger charge is -2.11. The number of anilines is 1. The van der Waals surface area contributed by atoms with Gasteiger partial charge in [0.25, 0.3) is 10.0 Å². The van der Waals surface area contributed by atoms with Crippen LogP contribution in [0.25, 0.3) is 11.0 Å². The van der Waals surface area contributed by atoms with Gasteiger partial charge in [0.1, 0.15) is 5.82 Å². The highest BCUT2D eigenvalue weighted by atomic mass is 32.2. The number of rotatable bonds is 3. The highest BCUT2D eigenvalue weighted by molar-refractivity contribution is 7.92. The first-order valence-electron chi connectivity index (χ1n) is 7.03. The maximum absolute atomic E-state index is 12.6. The Morgan fingerprint density at radius 1 is 1.13 bits per heavy atom. The molecule has 3 heterocycles. The third-order valence-corrected chi connectivity index (χ3v) is 5.31. The van der Waals surface area contributed by atoms with Crippen molar-refractivity contribution in [1.29, 1.82) is 0 Å². The average molecular weight is 334 g/mol. The minimum Gasteiger partial charge on any atom is -0.321 e. The highest BCUT2D eigenvalue weighted by Gasteiger charge is 2.21. The van der Waals surface area contributed by atoms with Crippen LogP contribution in [0, 0.1) is 20.8 Å². The first-order chi connectivity index (χ1) is 10.7. The van der Waals surface area contributed by atoms with E-state index >= 15 is 0 Å². The SMILES string of the molecule is Cc1nc2c(cc1NS(=O)(=O)c1cnc(C)n1C)c(C)nn2C. The first kappa shape index (κ1) is 15.5. The van der Waals surface area contributed by atoms with Gasteiger partial charge in [0, 0.05) is 19.5 Å². The topological polar surface area (TPSA) is 94.7 Å². The number of nitrogens with one attached hydrogen (secondary N) is 1. The molecule has 0 saturated heterocycles. The van der Waals surface area contributed by atoms with E-state index in [0.29, 0.717) is 17.2 Å². The molecular weight excluding hydrogens is 316 g/mol.